The van der Waals surface area contributed by atoms with Crippen molar-refractivity contribution in [2.45, 2.75) is 26.4 Å². The SMILES string of the molecule is COc1cccc2cc(CNC(C)C)n(C)c12. The normalized spacial score (nSPS) is 11.4. The molecule has 1 N–H and O–H groups in total. The molecule has 0 aliphatic carbocycles. The summed E-state index contributed by atoms with van der Waals surface area (Å²) in [6.45, 7) is 5.19. The number of methoxy groups -OCH3 is 1. The molecule has 92 valence electrons. The molecular formula is C14H20N2O. The van der Waals surface area contributed by atoms with Gasteiger partial charge in [0.25, 0.3) is 0 Å². The zero-order valence-corrected chi connectivity index (χ0v) is 10.9. The number of hydrogen-bond donors (Lipinski definition) is 1. The minimum absolute atomic E-state index is 0.495. The van der Waals surface area contributed by atoms with Crippen LogP contribution in [0.5, 0.6) is 5.75 Å². The van der Waals surface area contributed by atoms with Gasteiger partial charge in [0.2, 0.25) is 0 Å². The minimum atomic E-state index is 0.495. The van der Waals surface area contributed by atoms with Gasteiger partial charge < -0.3 is 14.6 Å². The third-order valence-electron chi connectivity index (χ3n) is 3.03. The lowest BCUT2D eigenvalue weighted by Gasteiger charge is -2.10. The average molecular weight is 232 g/mol. The van der Waals surface area contributed by atoms with Crippen molar-refractivity contribution >= 4 is 10.9 Å². The molecule has 0 spiro atoms. The van der Waals surface area contributed by atoms with Crippen LogP contribution in [-0.4, -0.2) is 17.7 Å². The molecule has 0 bridgehead atoms. The maximum absolute atomic E-state index is 5.41. The summed E-state index contributed by atoms with van der Waals surface area (Å²) in [5.41, 5.74) is 2.44. The predicted octanol–water partition coefficient (Wildman–Crippen LogP) is 2.68. The van der Waals surface area contributed by atoms with Gasteiger partial charge in [0.15, 0.2) is 0 Å². The third kappa shape index (κ3) is 2.29. The molecule has 1 heterocycles. The first-order chi connectivity index (χ1) is 8.13. The van der Waals surface area contributed by atoms with E-state index in [1.165, 1.54) is 11.1 Å². The van der Waals surface area contributed by atoms with Gasteiger partial charge in [-0.3, -0.25) is 0 Å². The number of fused-ring (bicyclic) bond motifs is 1. The highest BCUT2D eigenvalue weighted by molar-refractivity contribution is 5.86. The molecule has 3 nitrogen and oxygen atoms in total. The lowest BCUT2D eigenvalue weighted by atomic mass is 10.2. The standard InChI is InChI=1S/C14H20N2O/c1-10(2)15-9-12-8-11-6-5-7-13(17-4)14(11)16(12)3/h5-8,10,15H,9H2,1-4H3. The molecule has 0 saturated heterocycles. The van der Waals surface area contributed by atoms with Gasteiger partial charge >= 0.3 is 0 Å². The first-order valence-electron chi connectivity index (χ1n) is 5.98. The summed E-state index contributed by atoms with van der Waals surface area (Å²) in [6.07, 6.45) is 0. The molecule has 3 heteroatoms. The first-order valence-corrected chi connectivity index (χ1v) is 5.98. The van der Waals surface area contributed by atoms with Crippen LogP contribution in [0.15, 0.2) is 24.3 Å². The second-order valence-electron chi connectivity index (χ2n) is 4.63. The average Bonchev–Trinajstić information content (AvgIpc) is 2.64. The number of benzene rings is 1. The Hall–Kier alpha value is -1.48. The van der Waals surface area contributed by atoms with Crippen molar-refractivity contribution in [3.63, 3.8) is 0 Å². The van der Waals surface area contributed by atoms with Crippen LogP contribution in [-0.2, 0) is 13.6 Å². The van der Waals surface area contributed by atoms with E-state index in [9.17, 15) is 0 Å². The van der Waals surface area contributed by atoms with Crippen molar-refractivity contribution in [2.24, 2.45) is 7.05 Å². The second kappa shape index (κ2) is 4.80. The Morgan fingerprint density at radius 2 is 2.12 bits per heavy atom. The van der Waals surface area contributed by atoms with Crippen LogP contribution in [0.25, 0.3) is 10.9 Å². The first kappa shape index (κ1) is 12.0. The summed E-state index contributed by atoms with van der Waals surface area (Å²) in [4.78, 5) is 0. The van der Waals surface area contributed by atoms with Crippen molar-refractivity contribution < 1.29 is 4.74 Å². The number of ether oxygens (including phenoxy) is 1. The van der Waals surface area contributed by atoms with Crippen LogP contribution in [0.3, 0.4) is 0 Å². The van der Waals surface area contributed by atoms with Gasteiger partial charge in [-0.15, -0.1) is 0 Å². The molecule has 17 heavy (non-hydrogen) atoms. The summed E-state index contributed by atoms with van der Waals surface area (Å²) in [7, 11) is 3.80. The summed E-state index contributed by atoms with van der Waals surface area (Å²) in [5.74, 6) is 0.931. The van der Waals surface area contributed by atoms with Crippen molar-refractivity contribution in [3.05, 3.63) is 30.0 Å². The number of hydrogen-bond acceptors (Lipinski definition) is 2. The highest BCUT2D eigenvalue weighted by Gasteiger charge is 2.09. The van der Waals surface area contributed by atoms with Crippen LogP contribution in [0.1, 0.15) is 19.5 Å². The fourth-order valence-corrected chi connectivity index (χ4v) is 2.08. The maximum Gasteiger partial charge on any atom is 0.143 e. The number of aryl methyl sites for hydroxylation is 1. The topological polar surface area (TPSA) is 26.2 Å². The van der Waals surface area contributed by atoms with Crippen LogP contribution >= 0.6 is 0 Å². The number of nitrogens with zero attached hydrogens (tertiary/aromatic N) is 1. The Bertz CT molecular complexity index is 514. The van der Waals surface area contributed by atoms with Crippen LogP contribution < -0.4 is 10.1 Å². The number of nitrogens with one attached hydrogen (secondary N) is 1. The largest absolute Gasteiger partial charge is 0.495 e. The molecule has 0 atom stereocenters. The monoisotopic (exact) mass is 232 g/mol. The van der Waals surface area contributed by atoms with Gasteiger partial charge in [-0.25, -0.2) is 0 Å². The van der Waals surface area contributed by atoms with Gasteiger partial charge in [0, 0.05) is 30.7 Å². The Kier molecular flexibility index (Phi) is 3.38. The van der Waals surface area contributed by atoms with E-state index in [2.05, 4.69) is 42.9 Å². The molecule has 0 unspecified atom stereocenters. The zero-order valence-electron chi connectivity index (χ0n) is 10.9. The van der Waals surface area contributed by atoms with E-state index in [1.807, 2.05) is 12.1 Å². The number of rotatable bonds is 4. The van der Waals surface area contributed by atoms with E-state index in [1.54, 1.807) is 7.11 Å². The zero-order chi connectivity index (χ0) is 12.4. The lowest BCUT2D eigenvalue weighted by Crippen LogP contribution is -2.23. The van der Waals surface area contributed by atoms with Crippen molar-refractivity contribution in [1.82, 2.24) is 9.88 Å². The molecule has 1 aromatic carbocycles. The molecule has 2 rings (SSSR count). The number of aromatic nitrogens is 1. The van der Waals surface area contributed by atoms with E-state index in [0.29, 0.717) is 6.04 Å². The van der Waals surface area contributed by atoms with Crippen LogP contribution in [0, 0.1) is 0 Å². The van der Waals surface area contributed by atoms with Crippen LogP contribution in [0.4, 0.5) is 0 Å². The quantitative estimate of drug-likeness (QED) is 0.877. The van der Waals surface area contributed by atoms with Crippen molar-refractivity contribution in [2.75, 3.05) is 7.11 Å². The Balaban J connectivity index is 2.42. The van der Waals surface area contributed by atoms with Gasteiger partial charge in [-0.2, -0.15) is 0 Å². The highest BCUT2D eigenvalue weighted by atomic mass is 16.5. The van der Waals surface area contributed by atoms with E-state index in [-0.39, 0.29) is 0 Å². The predicted molar refractivity (Wildman–Crippen MR) is 71.4 cm³/mol. The lowest BCUT2D eigenvalue weighted by molar-refractivity contribution is 0.417. The molecule has 0 fully saturated rings. The molecule has 0 aliphatic heterocycles. The molecule has 0 aliphatic rings. The smallest absolute Gasteiger partial charge is 0.143 e. The van der Waals surface area contributed by atoms with Crippen molar-refractivity contribution in [1.29, 1.82) is 0 Å². The highest BCUT2D eigenvalue weighted by Crippen LogP contribution is 2.27. The molecule has 0 amide bonds. The second-order valence-corrected chi connectivity index (χ2v) is 4.63. The van der Waals surface area contributed by atoms with E-state index in [4.69, 9.17) is 4.74 Å². The van der Waals surface area contributed by atoms with E-state index < -0.39 is 0 Å². The summed E-state index contributed by atoms with van der Waals surface area (Å²) in [5, 5.41) is 4.67. The third-order valence-corrected chi connectivity index (χ3v) is 3.03. The summed E-state index contributed by atoms with van der Waals surface area (Å²) in [6, 6.07) is 8.86. The van der Waals surface area contributed by atoms with E-state index in [0.717, 1.165) is 17.8 Å². The van der Waals surface area contributed by atoms with E-state index >= 15 is 0 Å². The molecule has 1 aromatic heterocycles. The maximum atomic E-state index is 5.41. The van der Waals surface area contributed by atoms with Gasteiger partial charge in [0.05, 0.1) is 12.6 Å². The fraction of sp³-hybridized carbons (Fsp3) is 0.429. The summed E-state index contributed by atoms with van der Waals surface area (Å²) >= 11 is 0. The molecule has 0 saturated carbocycles. The molecule has 2 aromatic rings. The van der Waals surface area contributed by atoms with Gasteiger partial charge in [-0.1, -0.05) is 26.0 Å². The molecule has 0 radical (unpaired) electrons. The van der Waals surface area contributed by atoms with Crippen LogP contribution in [0.2, 0.25) is 0 Å². The summed E-state index contributed by atoms with van der Waals surface area (Å²) < 4.78 is 7.60. The molecular weight excluding hydrogens is 212 g/mol. The Morgan fingerprint density at radius 1 is 1.35 bits per heavy atom. The Labute approximate surface area is 102 Å². The Morgan fingerprint density at radius 3 is 2.76 bits per heavy atom. The van der Waals surface area contributed by atoms with Gasteiger partial charge in [0.1, 0.15) is 5.75 Å². The van der Waals surface area contributed by atoms with Crippen molar-refractivity contribution in [3.8, 4) is 5.75 Å². The fourth-order valence-electron chi connectivity index (χ4n) is 2.08. The minimum Gasteiger partial charge on any atom is -0.495 e. The van der Waals surface area contributed by atoms with Gasteiger partial charge in [-0.05, 0) is 12.1 Å². The number of para-hydroxylation sites is 1.